The molecular weight excluding hydrogens is 429 g/mol. The summed E-state index contributed by atoms with van der Waals surface area (Å²) in [5, 5.41) is 9.16. The summed E-state index contributed by atoms with van der Waals surface area (Å²) in [5.41, 5.74) is 0.969. The maximum atomic E-state index is 14.8. The van der Waals surface area contributed by atoms with Crippen LogP contribution in [-0.2, 0) is 11.3 Å². The lowest BCUT2D eigenvalue weighted by atomic mass is 9.72. The number of methoxy groups -OCH3 is 1. The molecule has 0 bridgehead atoms. The highest BCUT2D eigenvalue weighted by atomic mass is 19.1. The van der Waals surface area contributed by atoms with E-state index in [4.69, 9.17) is 5.11 Å². The van der Waals surface area contributed by atoms with Crippen molar-refractivity contribution in [3.8, 4) is 0 Å². The molecule has 0 radical (unpaired) electrons. The molecule has 174 valence electrons. The lowest BCUT2D eigenvalue weighted by Crippen LogP contribution is -2.64. The summed E-state index contributed by atoms with van der Waals surface area (Å²) in [6.45, 7) is 2.04. The fourth-order valence-electron chi connectivity index (χ4n) is 4.53. The van der Waals surface area contributed by atoms with Crippen LogP contribution in [0.1, 0.15) is 28.8 Å². The summed E-state index contributed by atoms with van der Waals surface area (Å²) in [6, 6.07) is 12.9. The van der Waals surface area contributed by atoms with Gasteiger partial charge in [-0.3, -0.25) is 4.90 Å². The molecule has 4 rings (SSSR count). The number of urea groups is 1. The van der Waals surface area contributed by atoms with E-state index in [-0.39, 0.29) is 29.1 Å². The molecule has 2 aromatic carbocycles. The number of benzene rings is 2. The van der Waals surface area contributed by atoms with Gasteiger partial charge in [0.1, 0.15) is 5.82 Å². The maximum Gasteiger partial charge on any atom is 0.407 e. The third kappa shape index (κ3) is 4.62. The second-order valence-corrected chi connectivity index (χ2v) is 8.63. The number of carbonyl (C=O) groups excluding carboxylic acids is 2. The van der Waals surface area contributed by atoms with Gasteiger partial charge in [0.2, 0.25) is 0 Å². The van der Waals surface area contributed by atoms with Gasteiger partial charge < -0.3 is 19.6 Å². The highest BCUT2D eigenvalue weighted by Gasteiger charge is 2.48. The Morgan fingerprint density at radius 3 is 2.30 bits per heavy atom. The zero-order chi connectivity index (χ0) is 23.6. The number of likely N-dealkylation sites (tertiary alicyclic amines) is 2. The Morgan fingerprint density at radius 2 is 1.73 bits per heavy atom. The first-order valence-electron chi connectivity index (χ1n) is 10.8. The van der Waals surface area contributed by atoms with Crippen molar-refractivity contribution < 1.29 is 28.6 Å². The molecule has 8 nitrogen and oxygen atoms in total. The quantitative estimate of drug-likeness (QED) is 0.708. The lowest BCUT2D eigenvalue weighted by Gasteiger charge is -2.54. The molecule has 0 atom stereocenters. The topological polar surface area (TPSA) is 90.4 Å². The molecule has 0 aliphatic carbocycles. The second-order valence-electron chi connectivity index (χ2n) is 8.63. The number of ether oxygens (including phenoxy) is 1. The number of halogens is 1. The number of piperidine rings is 1. The van der Waals surface area contributed by atoms with E-state index in [1.807, 2.05) is 18.2 Å². The van der Waals surface area contributed by atoms with Gasteiger partial charge in [0.05, 0.1) is 19.2 Å². The minimum absolute atomic E-state index is 0.00637. The summed E-state index contributed by atoms with van der Waals surface area (Å²) >= 11 is 0. The van der Waals surface area contributed by atoms with Crippen LogP contribution in [0, 0.1) is 11.2 Å². The molecule has 3 amide bonds. The zero-order valence-electron chi connectivity index (χ0n) is 18.4. The van der Waals surface area contributed by atoms with Crippen LogP contribution in [0.2, 0.25) is 0 Å². The van der Waals surface area contributed by atoms with E-state index < -0.39 is 17.9 Å². The summed E-state index contributed by atoms with van der Waals surface area (Å²) in [5.74, 6) is -1.22. The summed E-state index contributed by atoms with van der Waals surface area (Å²) in [4.78, 5) is 40.9. The average Bonchev–Trinajstić information content (AvgIpc) is 2.81. The number of esters is 1. The lowest BCUT2D eigenvalue weighted by molar-refractivity contribution is -0.0162. The molecular formula is C24H26FN3O5. The number of nitrogens with zero attached hydrogens (tertiary/aromatic N) is 3. The largest absolute Gasteiger partial charge is 0.465 e. The highest BCUT2D eigenvalue weighted by Crippen LogP contribution is 2.41. The van der Waals surface area contributed by atoms with Crippen molar-refractivity contribution in [1.82, 2.24) is 9.80 Å². The van der Waals surface area contributed by atoms with Crippen molar-refractivity contribution in [3.63, 3.8) is 0 Å². The van der Waals surface area contributed by atoms with Crippen LogP contribution in [0.15, 0.2) is 48.5 Å². The SMILES string of the molecule is COC(=O)c1ccc(CN(C(=O)N2CC3(CCN(C(=O)O)CC3)C2)c2ccccc2)c(F)c1. The Balaban J connectivity index is 1.49. The molecule has 2 aromatic rings. The third-order valence-corrected chi connectivity index (χ3v) is 6.52. The van der Waals surface area contributed by atoms with Gasteiger partial charge in [-0.15, -0.1) is 0 Å². The molecule has 0 saturated carbocycles. The number of anilines is 1. The third-order valence-electron chi connectivity index (χ3n) is 6.52. The maximum absolute atomic E-state index is 14.8. The van der Waals surface area contributed by atoms with Crippen LogP contribution in [0.25, 0.3) is 0 Å². The Bertz CT molecular complexity index is 1050. The van der Waals surface area contributed by atoms with Crippen LogP contribution < -0.4 is 4.90 Å². The van der Waals surface area contributed by atoms with Crippen molar-refractivity contribution in [2.24, 2.45) is 5.41 Å². The Hall–Kier alpha value is -3.62. The number of hydrogen-bond donors (Lipinski definition) is 1. The molecule has 0 aromatic heterocycles. The van der Waals surface area contributed by atoms with E-state index in [1.54, 1.807) is 17.0 Å². The minimum Gasteiger partial charge on any atom is -0.465 e. The molecule has 1 spiro atoms. The Kier molecular flexibility index (Phi) is 6.22. The van der Waals surface area contributed by atoms with E-state index in [2.05, 4.69) is 4.74 Å². The molecule has 9 heteroatoms. The number of para-hydroxylation sites is 1. The van der Waals surface area contributed by atoms with Crippen molar-refractivity contribution in [1.29, 1.82) is 0 Å². The first-order chi connectivity index (χ1) is 15.8. The summed E-state index contributed by atoms with van der Waals surface area (Å²) in [6.07, 6.45) is 0.531. The number of carbonyl (C=O) groups is 3. The molecule has 1 N–H and O–H groups in total. The van der Waals surface area contributed by atoms with Crippen LogP contribution in [0.4, 0.5) is 19.7 Å². The molecule has 2 heterocycles. The fourth-order valence-corrected chi connectivity index (χ4v) is 4.53. The second kappa shape index (κ2) is 9.09. The van der Waals surface area contributed by atoms with E-state index in [0.29, 0.717) is 31.9 Å². The number of amides is 3. The van der Waals surface area contributed by atoms with Crippen molar-refractivity contribution in [3.05, 3.63) is 65.5 Å². The van der Waals surface area contributed by atoms with Crippen molar-refractivity contribution in [2.45, 2.75) is 19.4 Å². The monoisotopic (exact) mass is 455 g/mol. The van der Waals surface area contributed by atoms with Crippen molar-refractivity contribution in [2.75, 3.05) is 38.2 Å². The first-order valence-corrected chi connectivity index (χ1v) is 10.8. The van der Waals surface area contributed by atoms with Gasteiger partial charge in [0.15, 0.2) is 0 Å². The number of hydrogen-bond acceptors (Lipinski definition) is 4. The molecule has 0 unspecified atom stereocenters. The Morgan fingerprint density at radius 1 is 1.06 bits per heavy atom. The van der Waals surface area contributed by atoms with Gasteiger partial charge >= 0.3 is 18.1 Å². The Labute approximate surface area is 191 Å². The van der Waals surface area contributed by atoms with Crippen LogP contribution in [-0.4, -0.2) is 66.3 Å². The molecule has 2 fully saturated rings. The van der Waals surface area contributed by atoms with E-state index in [9.17, 15) is 18.8 Å². The van der Waals surface area contributed by atoms with Gasteiger partial charge in [-0.25, -0.2) is 18.8 Å². The van der Waals surface area contributed by atoms with Crippen molar-refractivity contribution >= 4 is 23.8 Å². The highest BCUT2D eigenvalue weighted by molar-refractivity contribution is 5.93. The van der Waals surface area contributed by atoms with Crippen LogP contribution in [0.5, 0.6) is 0 Å². The zero-order valence-corrected chi connectivity index (χ0v) is 18.4. The molecule has 2 aliphatic rings. The molecule has 2 aliphatic heterocycles. The predicted octanol–water partition coefficient (Wildman–Crippen LogP) is 3.81. The average molecular weight is 455 g/mol. The molecule has 2 saturated heterocycles. The summed E-state index contributed by atoms with van der Waals surface area (Å²) in [7, 11) is 1.23. The van der Waals surface area contributed by atoms with E-state index in [1.165, 1.54) is 29.0 Å². The van der Waals surface area contributed by atoms with Crippen LogP contribution in [0.3, 0.4) is 0 Å². The smallest absolute Gasteiger partial charge is 0.407 e. The standard InChI is InChI=1S/C24H26FN3O5/c1-33-21(29)17-7-8-18(20(25)13-17)14-28(19-5-3-2-4-6-19)22(30)27-15-24(16-27)9-11-26(12-10-24)23(31)32/h2-8,13H,9-12,14-16H2,1H3,(H,31,32). The van der Waals surface area contributed by atoms with Gasteiger partial charge in [-0.1, -0.05) is 24.3 Å². The molecule has 33 heavy (non-hydrogen) atoms. The van der Waals surface area contributed by atoms with Gasteiger partial charge in [0, 0.05) is 42.8 Å². The number of carboxylic acid groups (broad SMARTS) is 1. The van der Waals surface area contributed by atoms with Gasteiger partial charge in [0.25, 0.3) is 0 Å². The van der Waals surface area contributed by atoms with E-state index >= 15 is 0 Å². The normalized spacial score (nSPS) is 16.8. The van der Waals surface area contributed by atoms with Gasteiger partial charge in [-0.2, -0.15) is 0 Å². The minimum atomic E-state index is -0.910. The first kappa shape index (κ1) is 22.6. The number of rotatable bonds is 4. The van der Waals surface area contributed by atoms with Crippen LogP contribution >= 0.6 is 0 Å². The predicted molar refractivity (Wildman–Crippen MR) is 119 cm³/mol. The van der Waals surface area contributed by atoms with Gasteiger partial charge in [-0.05, 0) is 37.1 Å². The fraction of sp³-hybridized carbons (Fsp3) is 0.375. The summed E-state index contributed by atoms with van der Waals surface area (Å²) < 4.78 is 19.4. The van der Waals surface area contributed by atoms with E-state index in [0.717, 1.165) is 18.9 Å².